The molecule has 1 aromatic rings. The van der Waals surface area contributed by atoms with Gasteiger partial charge in [-0.25, -0.2) is 4.99 Å². The second kappa shape index (κ2) is 9.27. The Morgan fingerprint density at radius 3 is 2.86 bits per heavy atom. The summed E-state index contributed by atoms with van der Waals surface area (Å²) in [6.45, 7) is 5.27. The van der Waals surface area contributed by atoms with Gasteiger partial charge >= 0.3 is 0 Å². The largest absolute Gasteiger partial charge is 0.495 e. The van der Waals surface area contributed by atoms with E-state index in [1.165, 1.54) is 51.5 Å². The van der Waals surface area contributed by atoms with Gasteiger partial charge in [0.2, 0.25) is 0 Å². The minimum absolute atomic E-state index is 0.349. The first-order chi connectivity index (χ1) is 13.7. The molecular weight excluding hydrogens is 366 g/mol. The molecule has 2 fully saturated rings. The Hall–Kier alpha value is -1.59. The lowest BCUT2D eigenvalue weighted by Crippen LogP contribution is -2.48. The predicted molar refractivity (Wildman–Crippen MR) is 117 cm³/mol. The van der Waals surface area contributed by atoms with Gasteiger partial charge in [0, 0.05) is 12.6 Å². The van der Waals surface area contributed by atoms with E-state index in [1.807, 2.05) is 17.5 Å². The highest BCUT2D eigenvalue weighted by Gasteiger charge is 2.34. The lowest BCUT2D eigenvalue weighted by Gasteiger charge is -2.42. The van der Waals surface area contributed by atoms with E-state index in [0.717, 1.165) is 35.4 Å². The van der Waals surface area contributed by atoms with Crippen LogP contribution in [0.15, 0.2) is 46.1 Å². The molecular formula is C23H33N3OS. The summed E-state index contributed by atoms with van der Waals surface area (Å²) in [5.41, 5.74) is 7.12. The van der Waals surface area contributed by atoms with E-state index >= 15 is 0 Å². The Balaban J connectivity index is 1.42. The van der Waals surface area contributed by atoms with Crippen molar-refractivity contribution in [3.05, 3.63) is 46.0 Å². The summed E-state index contributed by atoms with van der Waals surface area (Å²) in [6, 6.07) is 4.37. The van der Waals surface area contributed by atoms with E-state index < -0.39 is 0 Å². The minimum Gasteiger partial charge on any atom is -0.495 e. The molecule has 1 aliphatic heterocycles. The van der Waals surface area contributed by atoms with Crippen molar-refractivity contribution in [2.75, 3.05) is 19.7 Å². The summed E-state index contributed by atoms with van der Waals surface area (Å²) in [7, 11) is 0. The van der Waals surface area contributed by atoms with Crippen molar-refractivity contribution in [1.82, 2.24) is 4.90 Å². The Morgan fingerprint density at radius 2 is 2.11 bits per heavy atom. The van der Waals surface area contributed by atoms with E-state index in [9.17, 15) is 0 Å². The van der Waals surface area contributed by atoms with E-state index in [-0.39, 0.29) is 0 Å². The Bertz CT molecular complexity index is 729. The van der Waals surface area contributed by atoms with Gasteiger partial charge in [-0.05, 0) is 36.2 Å². The topological polar surface area (TPSA) is 50.9 Å². The quantitative estimate of drug-likeness (QED) is 0.434. The number of thiophene rings is 1. The van der Waals surface area contributed by atoms with Crippen LogP contribution in [0.1, 0.15) is 56.7 Å². The van der Waals surface area contributed by atoms with Crippen LogP contribution in [-0.2, 0) is 4.74 Å². The fraction of sp³-hybridized carbons (Fsp3) is 0.609. The molecule has 0 aromatic carbocycles. The van der Waals surface area contributed by atoms with Gasteiger partial charge in [0.1, 0.15) is 18.2 Å². The Morgan fingerprint density at radius 1 is 1.29 bits per heavy atom. The van der Waals surface area contributed by atoms with Crippen LogP contribution in [0.3, 0.4) is 0 Å². The van der Waals surface area contributed by atoms with Gasteiger partial charge in [0.25, 0.3) is 0 Å². The summed E-state index contributed by atoms with van der Waals surface area (Å²) >= 11 is 1.62. The number of hydrogen-bond donors (Lipinski definition) is 1. The fourth-order valence-corrected chi connectivity index (χ4v) is 5.53. The number of ether oxygens (including phenoxy) is 1. The first-order valence-corrected chi connectivity index (χ1v) is 11.8. The van der Waals surface area contributed by atoms with Crippen LogP contribution in [-0.4, -0.2) is 36.5 Å². The van der Waals surface area contributed by atoms with Crippen LogP contribution in [0.4, 0.5) is 0 Å². The molecule has 1 saturated heterocycles. The van der Waals surface area contributed by atoms with Crippen molar-refractivity contribution in [3.63, 3.8) is 0 Å². The lowest BCUT2D eigenvalue weighted by molar-refractivity contribution is 0.0289. The van der Waals surface area contributed by atoms with Gasteiger partial charge in [-0.3, -0.25) is 4.90 Å². The van der Waals surface area contributed by atoms with E-state index in [1.54, 1.807) is 11.3 Å². The van der Waals surface area contributed by atoms with Crippen molar-refractivity contribution < 1.29 is 4.74 Å². The fourth-order valence-electron chi connectivity index (χ4n) is 4.90. The van der Waals surface area contributed by atoms with E-state index in [4.69, 9.17) is 10.5 Å². The van der Waals surface area contributed by atoms with Gasteiger partial charge in [-0.1, -0.05) is 57.6 Å². The van der Waals surface area contributed by atoms with Crippen molar-refractivity contribution in [2.24, 2.45) is 22.6 Å². The molecule has 4 rings (SSSR count). The molecule has 152 valence electrons. The number of fused-ring (bicyclic) bond motifs is 1. The predicted octanol–water partition coefficient (Wildman–Crippen LogP) is 4.93. The monoisotopic (exact) mass is 399 g/mol. The molecule has 0 bridgehead atoms. The highest BCUT2D eigenvalue weighted by Crippen LogP contribution is 2.33. The number of nitrogens with two attached hydrogens (primary N) is 1. The zero-order chi connectivity index (χ0) is 19.3. The molecule has 4 nitrogen and oxygen atoms in total. The highest BCUT2D eigenvalue weighted by molar-refractivity contribution is 7.12. The third-order valence-electron chi connectivity index (χ3n) is 6.38. The summed E-state index contributed by atoms with van der Waals surface area (Å²) in [5, 5.41) is 2.03. The third kappa shape index (κ3) is 4.69. The van der Waals surface area contributed by atoms with Gasteiger partial charge in [0.15, 0.2) is 0 Å². The normalized spacial score (nSPS) is 27.4. The van der Waals surface area contributed by atoms with Gasteiger partial charge in [-0.15, -0.1) is 11.3 Å². The van der Waals surface area contributed by atoms with Crippen LogP contribution in [0.5, 0.6) is 0 Å². The van der Waals surface area contributed by atoms with Crippen molar-refractivity contribution >= 4 is 17.2 Å². The standard InChI is InChI=1S/C23H33N3OS/c1-17-15-19(25-23(24)21-9-6-14-28-21)16-20-22(17)26(12-13-27-20)11-10-18-7-4-2-3-5-8-18/h6,9,14-18,22H,2-5,7-8,10-13H2,1H3,(H2,24,25). The molecule has 0 spiro atoms. The maximum Gasteiger partial charge on any atom is 0.141 e. The minimum atomic E-state index is 0.349. The summed E-state index contributed by atoms with van der Waals surface area (Å²) in [4.78, 5) is 8.33. The number of nitrogens with zero attached hydrogens (tertiary/aromatic N) is 2. The molecule has 0 radical (unpaired) electrons. The lowest BCUT2D eigenvalue weighted by atomic mass is 9.90. The molecule has 2 N–H and O–H groups in total. The molecule has 5 heteroatoms. The number of rotatable bonds is 5. The molecule has 2 atom stereocenters. The van der Waals surface area contributed by atoms with Crippen molar-refractivity contribution in [2.45, 2.75) is 57.9 Å². The van der Waals surface area contributed by atoms with Crippen LogP contribution in [0.2, 0.25) is 0 Å². The smallest absolute Gasteiger partial charge is 0.141 e. The van der Waals surface area contributed by atoms with E-state index in [0.29, 0.717) is 17.8 Å². The highest BCUT2D eigenvalue weighted by atomic mass is 32.1. The molecule has 2 unspecified atom stereocenters. The summed E-state index contributed by atoms with van der Waals surface area (Å²) < 4.78 is 6.07. The molecule has 1 saturated carbocycles. The average molecular weight is 400 g/mol. The number of morpholine rings is 1. The van der Waals surface area contributed by atoms with Crippen LogP contribution in [0.25, 0.3) is 0 Å². The zero-order valence-electron chi connectivity index (χ0n) is 17.0. The van der Waals surface area contributed by atoms with Gasteiger partial charge in [-0.2, -0.15) is 0 Å². The van der Waals surface area contributed by atoms with E-state index in [2.05, 4.69) is 29.0 Å². The summed E-state index contributed by atoms with van der Waals surface area (Å²) in [5.74, 6) is 2.95. The third-order valence-corrected chi connectivity index (χ3v) is 7.27. The van der Waals surface area contributed by atoms with Crippen LogP contribution in [0, 0.1) is 11.8 Å². The SMILES string of the molecule is CC1C=C(N=C(N)c2cccs2)C=C2OCCN(CCC3CCCCCC3)C21. The first-order valence-electron chi connectivity index (χ1n) is 10.9. The number of allylic oxidation sites excluding steroid dienone is 1. The molecule has 2 heterocycles. The van der Waals surface area contributed by atoms with Crippen LogP contribution < -0.4 is 5.73 Å². The number of amidine groups is 1. The molecule has 0 amide bonds. The Kier molecular flexibility index (Phi) is 6.53. The molecule has 3 aliphatic rings. The maximum atomic E-state index is 6.19. The molecule has 1 aromatic heterocycles. The van der Waals surface area contributed by atoms with Crippen molar-refractivity contribution in [3.8, 4) is 0 Å². The second-order valence-corrected chi connectivity index (χ2v) is 9.39. The van der Waals surface area contributed by atoms with Crippen LogP contribution >= 0.6 is 11.3 Å². The Labute approximate surface area is 173 Å². The molecule has 2 aliphatic carbocycles. The van der Waals surface area contributed by atoms with Gasteiger partial charge in [0.05, 0.1) is 16.6 Å². The zero-order valence-corrected chi connectivity index (χ0v) is 17.8. The van der Waals surface area contributed by atoms with Crippen molar-refractivity contribution in [1.29, 1.82) is 0 Å². The average Bonchev–Trinajstić information content (AvgIpc) is 3.10. The second-order valence-electron chi connectivity index (χ2n) is 8.45. The first kappa shape index (κ1) is 19.7. The summed E-state index contributed by atoms with van der Waals surface area (Å²) in [6.07, 6.45) is 14.2. The molecule has 28 heavy (non-hydrogen) atoms. The van der Waals surface area contributed by atoms with Gasteiger partial charge < -0.3 is 10.5 Å². The number of aliphatic imine (C=N–C) groups is 1. The maximum absolute atomic E-state index is 6.19. The number of hydrogen-bond acceptors (Lipinski definition) is 4.